The summed E-state index contributed by atoms with van der Waals surface area (Å²) in [7, 11) is 0. The van der Waals surface area contributed by atoms with Gasteiger partial charge in [0.05, 0.1) is 11.0 Å². The summed E-state index contributed by atoms with van der Waals surface area (Å²) in [5, 5.41) is 2.43. The minimum absolute atomic E-state index is 0.0708. The van der Waals surface area contributed by atoms with Gasteiger partial charge in [-0.3, -0.25) is 4.57 Å². The molecule has 43 heavy (non-hydrogen) atoms. The molecule has 0 saturated carbocycles. The summed E-state index contributed by atoms with van der Waals surface area (Å²) in [6.07, 6.45) is 3.76. The van der Waals surface area contributed by atoms with E-state index in [1.807, 2.05) is 18.5 Å². The molecule has 4 nitrogen and oxygen atoms in total. The van der Waals surface area contributed by atoms with Crippen LogP contribution in [0.2, 0.25) is 0 Å². The lowest BCUT2D eigenvalue weighted by Gasteiger charge is -2.33. The molecule has 3 heterocycles. The van der Waals surface area contributed by atoms with Crippen LogP contribution in [0.25, 0.3) is 27.6 Å². The number of aryl methyl sites for hydroxylation is 1. The maximum absolute atomic E-state index is 6.70. The quantitative estimate of drug-likeness (QED) is 0.209. The van der Waals surface area contributed by atoms with Gasteiger partial charge < -0.3 is 9.64 Å². The van der Waals surface area contributed by atoms with E-state index in [-0.39, 0.29) is 10.8 Å². The number of rotatable bonds is 5. The summed E-state index contributed by atoms with van der Waals surface area (Å²) in [6, 6.07) is 32.2. The highest BCUT2D eigenvalue weighted by atomic mass is 16.5. The highest BCUT2D eigenvalue weighted by Gasteiger charge is 2.35. The van der Waals surface area contributed by atoms with Crippen LogP contribution in [-0.4, -0.2) is 9.55 Å². The Balaban J connectivity index is 1.39. The van der Waals surface area contributed by atoms with Crippen LogP contribution in [0.3, 0.4) is 0 Å². The minimum Gasteiger partial charge on any atom is -0.457 e. The molecule has 214 valence electrons. The van der Waals surface area contributed by atoms with Gasteiger partial charge in [0.2, 0.25) is 0 Å². The number of anilines is 2. The third-order valence-corrected chi connectivity index (χ3v) is 8.93. The highest BCUT2D eigenvalue weighted by Crippen LogP contribution is 2.47. The van der Waals surface area contributed by atoms with E-state index in [9.17, 15) is 0 Å². The number of hydrogen-bond donors (Lipinski definition) is 0. The molecule has 0 aliphatic carbocycles. The zero-order chi connectivity index (χ0) is 30.1. The van der Waals surface area contributed by atoms with Crippen molar-refractivity contribution in [3.05, 3.63) is 132 Å². The number of ether oxygens (including phenoxy) is 1. The van der Waals surface area contributed by atoms with E-state index < -0.39 is 0 Å². The highest BCUT2D eigenvalue weighted by molar-refractivity contribution is 6.11. The Bertz CT molecular complexity index is 2060. The lowest BCUT2D eigenvalue weighted by atomic mass is 9.76. The van der Waals surface area contributed by atoms with Crippen LogP contribution in [0.1, 0.15) is 56.9 Å². The summed E-state index contributed by atoms with van der Waals surface area (Å²) >= 11 is 0. The van der Waals surface area contributed by atoms with Crippen LogP contribution in [0.5, 0.6) is 11.5 Å². The van der Waals surface area contributed by atoms with Gasteiger partial charge in [-0.05, 0) is 65.4 Å². The molecule has 1 aliphatic heterocycles. The van der Waals surface area contributed by atoms with Gasteiger partial charge in [0.15, 0.2) is 0 Å². The Morgan fingerprint density at radius 2 is 1.63 bits per heavy atom. The van der Waals surface area contributed by atoms with Gasteiger partial charge in [0.25, 0.3) is 0 Å². The molecular weight excluding hydrogens is 526 g/mol. The van der Waals surface area contributed by atoms with E-state index in [4.69, 9.17) is 9.72 Å². The summed E-state index contributed by atoms with van der Waals surface area (Å²) in [6.45, 7) is 17.6. The normalized spacial score (nSPS) is 13.6. The predicted molar refractivity (Wildman–Crippen MR) is 179 cm³/mol. The average Bonchev–Trinajstić information content (AvgIpc) is 3.31. The second kappa shape index (κ2) is 9.60. The molecule has 0 saturated heterocycles. The molecule has 7 rings (SSSR count). The molecule has 4 heteroatoms. The van der Waals surface area contributed by atoms with Crippen molar-refractivity contribution in [3.63, 3.8) is 0 Å². The first kappa shape index (κ1) is 27.0. The second-order valence-corrected chi connectivity index (χ2v) is 13.1. The Labute approximate surface area is 253 Å². The van der Waals surface area contributed by atoms with Crippen molar-refractivity contribution < 1.29 is 4.74 Å². The zero-order valence-corrected chi connectivity index (χ0v) is 25.8. The zero-order valence-electron chi connectivity index (χ0n) is 25.8. The van der Waals surface area contributed by atoms with Gasteiger partial charge in [-0.1, -0.05) is 83.7 Å². The van der Waals surface area contributed by atoms with Gasteiger partial charge >= 0.3 is 0 Å². The van der Waals surface area contributed by atoms with Crippen LogP contribution in [0.15, 0.2) is 110 Å². The molecule has 1 aliphatic rings. The molecule has 0 amide bonds. The number of fused-ring (bicyclic) bond motifs is 5. The molecule has 0 bridgehead atoms. The van der Waals surface area contributed by atoms with Crippen molar-refractivity contribution in [2.75, 3.05) is 4.90 Å². The van der Waals surface area contributed by atoms with Crippen LogP contribution >= 0.6 is 0 Å². The topological polar surface area (TPSA) is 30.3 Å². The number of pyridine rings is 1. The lowest BCUT2D eigenvalue weighted by Crippen LogP contribution is -2.26. The first-order valence-corrected chi connectivity index (χ1v) is 14.9. The number of benzene rings is 4. The minimum atomic E-state index is -0.148. The molecule has 0 spiro atoms. The first-order chi connectivity index (χ1) is 20.6. The Hall–Kier alpha value is -4.83. The number of nitrogens with zero attached hydrogens (tertiary/aromatic N) is 3. The summed E-state index contributed by atoms with van der Waals surface area (Å²) in [5.74, 6) is 2.56. The average molecular weight is 564 g/mol. The van der Waals surface area contributed by atoms with Crippen LogP contribution < -0.4 is 9.64 Å². The van der Waals surface area contributed by atoms with Gasteiger partial charge in [-0.15, -0.1) is 0 Å². The maximum atomic E-state index is 6.70. The van der Waals surface area contributed by atoms with Crippen molar-refractivity contribution in [2.24, 2.45) is 0 Å². The largest absolute Gasteiger partial charge is 0.457 e. The second-order valence-electron chi connectivity index (χ2n) is 13.1. The SMILES string of the molecule is C=CN(c1cc(Oc2ccc3c4cccc5c4n(c3c2)-c2ncccc2C5(C)C)cc(C(C)(C)C)c1)c1ccccc1C. The van der Waals surface area contributed by atoms with E-state index in [2.05, 4.69) is 143 Å². The van der Waals surface area contributed by atoms with E-state index in [0.29, 0.717) is 0 Å². The molecule has 0 unspecified atom stereocenters. The van der Waals surface area contributed by atoms with Crippen LogP contribution in [0, 0.1) is 6.92 Å². The van der Waals surface area contributed by atoms with Crippen LogP contribution in [-0.2, 0) is 10.8 Å². The third kappa shape index (κ3) is 4.24. The third-order valence-electron chi connectivity index (χ3n) is 8.93. The summed E-state index contributed by atoms with van der Waals surface area (Å²) in [5.41, 5.74) is 9.12. The number of para-hydroxylation sites is 2. The van der Waals surface area contributed by atoms with E-state index >= 15 is 0 Å². The standard InChI is InChI=1S/C39H37N3O/c1-8-41(34-17-10-9-13-25(34)2)27-21-26(38(3,4)5)22-29(23-27)43-28-18-19-30-31-14-11-15-32-36(31)42(35(30)24-28)37-33(39(32,6)7)16-12-20-40-37/h8-24H,1H2,2-7H3. The predicted octanol–water partition coefficient (Wildman–Crippen LogP) is 10.5. The van der Waals surface area contributed by atoms with Gasteiger partial charge in [-0.25, -0.2) is 4.98 Å². The molecular formula is C39H37N3O. The van der Waals surface area contributed by atoms with Crippen molar-refractivity contribution in [3.8, 4) is 17.3 Å². The van der Waals surface area contributed by atoms with Crippen molar-refractivity contribution in [2.45, 2.75) is 52.4 Å². The molecule has 2 aromatic heterocycles. The fraction of sp³-hybridized carbons (Fsp3) is 0.205. The molecule has 0 radical (unpaired) electrons. The lowest BCUT2D eigenvalue weighted by molar-refractivity contribution is 0.479. The van der Waals surface area contributed by atoms with Gasteiger partial charge in [0, 0.05) is 57.7 Å². The van der Waals surface area contributed by atoms with E-state index in [0.717, 1.165) is 34.2 Å². The molecule has 0 fully saturated rings. The fourth-order valence-electron chi connectivity index (χ4n) is 6.57. The van der Waals surface area contributed by atoms with Gasteiger partial charge in [0.1, 0.15) is 17.3 Å². The Morgan fingerprint density at radius 1 is 0.837 bits per heavy atom. The molecule has 0 atom stereocenters. The number of hydrogen-bond acceptors (Lipinski definition) is 3. The fourth-order valence-corrected chi connectivity index (χ4v) is 6.57. The number of aromatic nitrogens is 2. The molecule has 6 aromatic rings. The summed E-state index contributed by atoms with van der Waals surface area (Å²) in [4.78, 5) is 7.03. The van der Waals surface area contributed by atoms with Gasteiger partial charge in [-0.2, -0.15) is 0 Å². The first-order valence-electron chi connectivity index (χ1n) is 14.9. The van der Waals surface area contributed by atoms with Crippen LogP contribution in [0.4, 0.5) is 11.4 Å². The smallest absolute Gasteiger partial charge is 0.141 e. The van der Waals surface area contributed by atoms with E-state index in [1.54, 1.807) is 0 Å². The monoisotopic (exact) mass is 563 g/mol. The maximum Gasteiger partial charge on any atom is 0.141 e. The summed E-state index contributed by atoms with van der Waals surface area (Å²) < 4.78 is 9.02. The molecule has 0 N–H and O–H groups in total. The molecule has 4 aromatic carbocycles. The van der Waals surface area contributed by atoms with Crippen molar-refractivity contribution in [1.82, 2.24) is 9.55 Å². The van der Waals surface area contributed by atoms with Crippen molar-refractivity contribution in [1.29, 1.82) is 0 Å². The van der Waals surface area contributed by atoms with E-state index in [1.165, 1.54) is 38.5 Å². The Morgan fingerprint density at radius 3 is 2.40 bits per heavy atom. The Kier molecular flexibility index (Phi) is 6.04. The van der Waals surface area contributed by atoms with Crippen molar-refractivity contribution >= 4 is 33.2 Å².